The molecule has 0 saturated carbocycles. The standard InChI is InChI=1S/C19H14N4OS/c20-18-15(24)10-14(11-22-18)17-16(12-6-8-21-9-7-12)23-19(25-17)13-4-2-1-3-5-13/h1-11,24H,(H2,20,22). The molecule has 0 aliphatic rings. The number of thiazole rings is 1. The number of anilines is 1. The summed E-state index contributed by atoms with van der Waals surface area (Å²) in [6, 6.07) is 15.4. The van der Waals surface area contributed by atoms with E-state index in [0.29, 0.717) is 0 Å². The zero-order valence-electron chi connectivity index (χ0n) is 13.1. The van der Waals surface area contributed by atoms with Gasteiger partial charge in [-0.15, -0.1) is 11.3 Å². The number of nitrogen functional groups attached to an aromatic ring is 1. The van der Waals surface area contributed by atoms with E-state index in [-0.39, 0.29) is 11.6 Å². The molecule has 0 unspecified atom stereocenters. The van der Waals surface area contributed by atoms with Crippen LogP contribution in [0.4, 0.5) is 5.82 Å². The smallest absolute Gasteiger partial charge is 0.165 e. The molecular weight excluding hydrogens is 332 g/mol. The van der Waals surface area contributed by atoms with Gasteiger partial charge in [0.1, 0.15) is 5.01 Å². The molecule has 0 aliphatic carbocycles. The van der Waals surface area contributed by atoms with Gasteiger partial charge in [0.05, 0.1) is 10.6 Å². The third-order valence-electron chi connectivity index (χ3n) is 3.76. The number of hydrogen-bond donors (Lipinski definition) is 2. The predicted molar refractivity (Wildman–Crippen MR) is 100 cm³/mol. The maximum atomic E-state index is 9.93. The maximum absolute atomic E-state index is 9.93. The Morgan fingerprint density at radius 1 is 0.920 bits per heavy atom. The van der Waals surface area contributed by atoms with Crippen molar-refractivity contribution in [3.8, 4) is 38.0 Å². The van der Waals surface area contributed by atoms with E-state index in [1.807, 2.05) is 42.5 Å². The molecule has 0 atom stereocenters. The fourth-order valence-electron chi connectivity index (χ4n) is 2.51. The van der Waals surface area contributed by atoms with Gasteiger partial charge in [-0.3, -0.25) is 4.98 Å². The number of nitrogens with two attached hydrogens (primary N) is 1. The van der Waals surface area contributed by atoms with Crippen LogP contribution in [0.5, 0.6) is 5.75 Å². The van der Waals surface area contributed by atoms with Gasteiger partial charge in [-0.25, -0.2) is 9.97 Å². The van der Waals surface area contributed by atoms with Crippen molar-refractivity contribution in [3.63, 3.8) is 0 Å². The largest absolute Gasteiger partial charge is 0.504 e. The lowest BCUT2D eigenvalue weighted by Gasteiger charge is -2.04. The van der Waals surface area contributed by atoms with Crippen molar-refractivity contribution in [3.05, 3.63) is 67.1 Å². The van der Waals surface area contributed by atoms with Gasteiger partial charge in [0, 0.05) is 35.3 Å². The molecule has 0 spiro atoms. The highest BCUT2D eigenvalue weighted by Gasteiger charge is 2.17. The molecule has 5 nitrogen and oxygen atoms in total. The molecule has 6 heteroatoms. The van der Waals surface area contributed by atoms with Crippen LogP contribution in [0.15, 0.2) is 67.1 Å². The van der Waals surface area contributed by atoms with Crippen LogP contribution in [0, 0.1) is 0 Å². The van der Waals surface area contributed by atoms with Crippen molar-refractivity contribution in [1.82, 2.24) is 15.0 Å². The molecular formula is C19H14N4OS. The first-order valence-corrected chi connectivity index (χ1v) is 8.45. The van der Waals surface area contributed by atoms with Crippen LogP contribution in [0.2, 0.25) is 0 Å². The second-order valence-corrected chi connectivity index (χ2v) is 6.43. The van der Waals surface area contributed by atoms with Gasteiger partial charge < -0.3 is 10.8 Å². The average molecular weight is 346 g/mol. The zero-order chi connectivity index (χ0) is 17.2. The van der Waals surface area contributed by atoms with E-state index in [4.69, 9.17) is 10.7 Å². The third kappa shape index (κ3) is 2.95. The molecule has 3 heterocycles. The molecule has 4 aromatic rings. The van der Waals surface area contributed by atoms with Crippen LogP contribution in [-0.2, 0) is 0 Å². The van der Waals surface area contributed by atoms with Crippen LogP contribution >= 0.6 is 11.3 Å². The Hall–Kier alpha value is -3.25. The second-order valence-electron chi connectivity index (χ2n) is 5.43. The molecule has 1 aromatic carbocycles. The van der Waals surface area contributed by atoms with Crippen LogP contribution in [0.3, 0.4) is 0 Å². The van der Waals surface area contributed by atoms with Crippen molar-refractivity contribution in [2.45, 2.75) is 0 Å². The lowest BCUT2D eigenvalue weighted by Crippen LogP contribution is -1.91. The van der Waals surface area contributed by atoms with Gasteiger partial charge in [0.15, 0.2) is 11.6 Å². The Labute approximate surface area is 148 Å². The first-order valence-electron chi connectivity index (χ1n) is 7.64. The molecule has 3 N–H and O–H groups in total. The lowest BCUT2D eigenvalue weighted by molar-refractivity contribution is 0.476. The van der Waals surface area contributed by atoms with E-state index >= 15 is 0 Å². The predicted octanol–water partition coefficient (Wildman–Crippen LogP) is 4.22. The van der Waals surface area contributed by atoms with Crippen molar-refractivity contribution in [2.75, 3.05) is 5.73 Å². The van der Waals surface area contributed by atoms with E-state index in [1.165, 1.54) is 0 Å². The Bertz CT molecular complexity index is 1020. The molecule has 3 aromatic heterocycles. The zero-order valence-corrected chi connectivity index (χ0v) is 13.9. The normalized spacial score (nSPS) is 10.7. The van der Waals surface area contributed by atoms with Crippen molar-refractivity contribution >= 4 is 17.2 Å². The summed E-state index contributed by atoms with van der Waals surface area (Å²) in [7, 11) is 0. The molecule has 0 aliphatic heterocycles. The highest BCUT2D eigenvalue weighted by molar-refractivity contribution is 7.19. The highest BCUT2D eigenvalue weighted by Crippen LogP contribution is 2.41. The van der Waals surface area contributed by atoms with Crippen molar-refractivity contribution < 1.29 is 5.11 Å². The van der Waals surface area contributed by atoms with Gasteiger partial charge in [0.2, 0.25) is 0 Å². The summed E-state index contributed by atoms with van der Waals surface area (Å²) in [5.41, 5.74) is 9.24. The third-order valence-corrected chi connectivity index (χ3v) is 4.91. The number of pyridine rings is 2. The fourth-order valence-corrected chi connectivity index (χ4v) is 3.59. The Balaban J connectivity index is 1.92. The minimum Gasteiger partial charge on any atom is -0.504 e. The Morgan fingerprint density at radius 3 is 2.40 bits per heavy atom. The monoisotopic (exact) mass is 346 g/mol. The highest BCUT2D eigenvalue weighted by atomic mass is 32.1. The first kappa shape index (κ1) is 15.3. The molecule has 122 valence electrons. The van der Waals surface area contributed by atoms with Gasteiger partial charge >= 0.3 is 0 Å². The Morgan fingerprint density at radius 2 is 1.68 bits per heavy atom. The summed E-state index contributed by atoms with van der Waals surface area (Å²) in [6.07, 6.45) is 5.13. The molecule has 4 rings (SSSR count). The summed E-state index contributed by atoms with van der Waals surface area (Å²) in [5, 5.41) is 10.8. The van der Waals surface area contributed by atoms with Crippen LogP contribution in [0.25, 0.3) is 32.3 Å². The van der Waals surface area contributed by atoms with E-state index in [0.717, 1.165) is 32.3 Å². The van der Waals surface area contributed by atoms with Crippen molar-refractivity contribution in [1.29, 1.82) is 0 Å². The number of benzene rings is 1. The average Bonchev–Trinajstić information content (AvgIpc) is 3.11. The number of aromatic hydroxyl groups is 1. The van der Waals surface area contributed by atoms with Crippen molar-refractivity contribution in [2.24, 2.45) is 0 Å². The van der Waals surface area contributed by atoms with Gasteiger partial charge in [-0.05, 0) is 18.2 Å². The summed E-state index contributed by atoms with van der Waals surface area (Å²) in [6.45, 7) is 0. The second kappa shape index (κ2) is 6.33. The minimum absolute atomic E-state index is 0.0344. The number of nitrogens with zero attached hydrogens (tertiary/aromatic N) is 3. The van der Waals surface area contributed by atoms with Crippen LogP contribution in [-0.4, -0.2) is 20.1 Å². The fraction of sp³-hybridized carbons (Fsp3) is 0. The summed E-state index contributed by atoms with van der Waals surface area (Å²) < 4.78 is 0. The maximum Gasteiger partial charge on any atom is 0.165 e. The number of aromatic nitrogens is 3. The van der Waals surface area contributed by atoms with Crippen LogP contribution < -0.4 is 5.73 Å². The summed E-state index contributed by atoms with van der Waals surface area (Å²) >= 11 is 1.55. The van der Waals surface area contributed by atoms with E-state index in [1.54, 1.807) is 36.0 Å². The molecule has 25 heavy (non-hydrogen) atoms. The summed E-state index contributed by atoms with van der Waals surface area (Å²) in [5.74, 6) is 0.0786. The van der Waals surface area contributed by atoms with Gasteiger partial charge in [-0.1, -0.05) is 30.3 Å². The molecule has 0 bridgehead atoms. The molecule has 0 saturated heterocycles. The summed E-state index contributed by atoms with van der Waals surface area (Å²) in [4.78, 5) is 13.9. The van der Waals surface area contributed by atoms with E-state index < -0.39 is 0 Å². The van der Waals surface area contributed by atoms with E-state index in [9.17, 15) is 5.11 Å². The van der Waals surface area contributed by atoms with Gasteiger partial charge in [-0.2, -0.15) is 0 Å². The SMILES string of the molecule is Nc1ncc(-c2sc(-c3ccccc3)nc2-c2ccncc2)cc1O. The lowest BCUT2D eigenvalue weighted by atomic mass is 10.1. The van der Waals surface area contributed by atoms with Crippen LogP contribution in [0.1, 0.15) is 0 Å². The van der Waals surface area contributed by atoms with Gasteiger partial charge in [0.25, 0.3) is 0 Å². The molecule has 0 amide bonds. The Kier molecular flexibility index (Phi) is 3.87. The number of rotatable bonds is 3. The quantitative estimate of drug-likeness (QED) is 0.580. The molecule has 0 fully saturated rings. The molecule has 0 radical (unpaired) electrons. The topological polar surface area (TPSA) is 84.9 Å². The van der Waals surface area contributed by atoms with E-state index in [2.05, 4.69) is 9.97 Å². The number of hydrogen-bond acceptors (Lipinski definition) is 6. The first-order chi connectivity index (χ1) is 12.2. The minimum atomic E-state index is -0.0344.